The van der Waals surface area contributed by atoms with Gasteiger partial charge in [0.1, 0.15) is 0 Å². The fraction of sp³-hybridized carbons (Fsp3) is 0.667. The van der Waals surface area contributed by atoms with Gasteiger partial charge < -0.3 is 10.2 Å². The second-order valence-corrected chi connectivity index (χ2v) is 7.53. The fourth-order valence-corrected chi connectivity index (χ4v) is 4.07. The fourth-order valence-electron chi connectivity index (χ4n) is 4.07. The van der Waals surface area contributed by atoms with E-state index in [9.17, 15) is 9.59 Å². The summed E-state index contributed by atoms with van der Waals surface area (Å²) in [7, 11) is 0. The number of hydrogen-bond acceptors (Lipinski definition) is 4. The molecule has 2 fully saturated rings. The number of aromatic nitrogens is 2. The molecule has 24 heavy (non-hydrogen) atoms. The van der Waals surface area contributed by atoms with E-state index in [1.807, 2.05) is 18.7 Å². The summed E-state index contributed by atoms with van der Waals surface area (Å²) in [6, 6.07) is 1.91. The van der Waals surface area contributed by atoms with E-state index in [2.05, 4.69) is 15.5 Å². The molecule has 1 spiro atoms. The summed E-state index contributed by atoms with van der Waals surface area (Å²) in [6.45, 7) is 5.53. The molecule has 2 aliphatic rings. The largest absolute Gasteiger partial charge is 0.354 e. The Hall–Kier alpha value is -1.98. The van der Waals surface area contributed by atoms with E-state index in [-0.39, 0.29) is 29.2 Å². The zero-order valence-corrected chi connectivity index (χ0v) is 14.5. The van der Waals surface area contributed by atoms with Gasteiger partial charge in [-0.25, -0.2) is 0 Å². The van der Waals surface area contributed by atoms with Crippen LogP contribution in [-0.4, -0.2) is 46.0 Å². The standard InChI is InChI=1S/C18H26N4O2/c1-13(2)21-16(23)14-3-5-18(11-14)6-9-22(10-7-18)17(24)15-4-8-19-20-12-15/h4,8,12-14H,3,5-7,9-11H2,1-2H3,(H,21,23)/t14-/m0/s1. The zero-order valence-electron chi connectivity index (χ0n) is 14.5. The van der Waals surface area contributed by atoms with Crippen LogP contribution in [0.15, 0.2) is 18.5 Å². The number of hydrogen-bond donors (Lipinski definition) is 1. The Bertz CT molecular complexity index is 594. The molecule has 0 aromatic carbocycles. The van der Waals surface area contributed by atoms with Gasteiger partial charge in [0.2, 0.25) is 5.91 Å². The van der Waals surface area contributed by atoms with Gasteiger partial charge in [0.25, 0.3) is 5.91 Å². The first-order chi connectivity index (χ1) is 11.5. The third-order valence-electron chi connectivity index (χ3n) is 5.45. The molecule has 3 rings (SSSR count). The maximum Gasteiger partial charge on any atom is 0.255 e. The lowest BCUT2D eigenvalue weighted by Gasteiger charge is -2.39. The van der Waals surface area contributed by atoms with E-state index in [0.29, 0.717) is 5.56 Å². The van der Waals surface area contributed by atoms with Gasteiger partial charge in [0, 0.05) is 25.0 Å². The highest BCUT2D eigenvalue weighted by molar-refractivity contribution is 5.93. The van der Waals surface area contributed by atoms with Crippen LogP contribution in [0.4, 0.5) is 0 Å². The van der Waals surface area contributed by atoms with Crippen LogP contribution in [0.5, 0.6) is 0 Å². The quantitative estimate of drug-likeness (QED) is 0.920. The van der Waals surface area contributed by atoms with Gasteiger partial charge in [-0.15, -0.1) is 0 Å². The Morgan fingerprint density at radius 2 is 2.00 bits per heavy atom. The smallest absolute Gasteiger partial charge is 0.255 e. The molecule has 1 aliphatic carbocycles. The summed E-state index contributed by atoms with van der Waals surface area (Å²) in [5.41, 5.74) is 0.841. The minimum Gasteiger partial charge on any atom is -0.354 e. The number of nitrogens with zero attached hydrogens (tertiary/aromatic N) is 3. The van der Waals surface area contributed by atoms with Crippen molar-refractivity contribution in [2.24, 2.45) is 11.3 Å². The minimum atomic E-state index is 0.0341. The molecule has 1 saturated carbocycles. The first-order valence-electron chi connectivity index (χ1n) is 8.85. The second kappa shape index (κ2) is 6.87. The number of amides is 2. The van der Waals surface area contributed by atoms with Crippen molar-refractivity contribution >= 4 is 11.8 Å². The van der Waals surface area contributed by atoms with Gasteiger partial charge in [-0.05, 0) is 57.4 Å². The highest BCUT2D eigenvalue weighted by Crippen LogP contribution is 2.49. The lowest BCUT2D eigenvalue weighted by Crippen LogP contribution is -2.43. The number of nitrogens with one attached hydrogen (secondary N) is 1. The van der Waals surface area contributed by atoms with Crippen molar-refractivity contribution < 1.29 is 9.59 Å². The lowest BCUT2D eigenvalue weighted by atomic mass is 9.76. The molecule has 2 amide bonds. The Kier molecular flexibility index (Phi) is 4.83. The molecule has 1 saturated heterocycles. The monoisotopic (exact) mass is 330 g/mol. The van der Waals surface area contributed by atoms with Crippen LogP contribution in [0, 0.1) is 11.3 Å². The Morgan fingerprint density at radius 3 is 2.62 bits per heavy atom. The predicted octanol–water partition coefficient (Wildman–Crippen LogP) is 2.02. The van der Waals surface area contributed by atoms with Crippen molar-refractivity contribution in [2.75, 3.05) is 13.1 Å². The van der Waals surface area contributed by atoms with Gasteiger partial charge >= 0.3 is 0 Å². The van der Waals surface area contributed by atoms with Crippen molar-refractivity contribution in [1.29, 1.82) is 0 Å². The van der Waals surface area contributed by atoms with Crippen molar-refractivity contribution in [2.45, 2.75) is 52.0 Å². The van der Waals surface area contributed by atoms with Crippen LogP contribution < -0.4 is 5.32 Å². The summed E-state index contributed by atoms with van der Waals surface area (Å²) in [5, 5.41) is 10.5. The molecular weight excluding hydrogens is 304 g/mol. The van der Waals surface area contributed by atoms with Crippen LogP contribution in [0.1, 0.15) is 56.3 Å². The molecule has 6 nitrogen and oxygen atoms in total. The van der Waals surface area contributed by atoms with E-state index in [4.69, 9.17) is 0 Å². The second-order valence-electron chi connectivity index (χ2n) is 7.53. The average molecular weight is 330 g/mol. The molecule has 2 heterocycles. The summed E-state index contributed by atoms with van der Waals surface area (Å²) in [5.74, 6) is 0.370. The highest BCUT2D eigenvalue weighted by Gasteiger charge is 2.44. The van der Waals surface area contributed by atoms with E-state index in [1.54, 1.807) is 12.3 Å². The van der Waals surface area contributed by atoms with Crippen LogP contribution in [0.25, 0.3) is 0 Å². The maximum atomic E-state index is 12.5. The number of piperidine rings is 1. The van der Waals surface area contributed by atoms with E-state index in [1.165, 1.54) is 6.20 Å². The van der Waals surface area contributed by atoms with Crippen molar-refractivity contribution in [3.05, 3.63) is 24.0 Å². The van der Waals surface area contributed by atoms with E-state index < -0.39 is 0 Å². The minimum absolute atomic E-state index is 0.0341. The third kappa shape index (κ3) is 3.57. The summed E-state index contributed by atoms with van der Waals surface area (Å²) >= 11 is 0. The molecule has 1 N–H and O–H groups in total. The number of carbonyl (C=O) groups is 2. The predicted molar refractivity (Wildman–Crippen MR) is 90.2 cm³/mol. The van der Waals surface area contributed by atoms with E-state index in [0.717, 1.165) is 45.2 Å². The summed E-state index contributed by atoms with van der Waals surface area (Å²) in [6.07, 6.45) is 8.08. The molecule has 0 radical (unpaired) electrons. The van der Waals surface area contributed by atoms with Crippen LogP contribution >= 0.6 is 0 Å². The summed E-state index contributed by atoms with van der Waals surface area (Å²) in [4.78, 5) is 26.6. The molecule has 130 valence electrons. The van der Waals surface area contributed by atoms with Gasteiger partial charge in [-0.1, -0.05) is 0 Å². The van der Waals surface area contributed by atoms with Crippen LogP contribution in [0.2, 0.25) is 0 Å². The van der Waals surface area contributed by atoms with Gasteiger partial charge in [0.05, 0.1) is 18.0 Å². The average Bonchev–Trinajstić information content (AvgIpc) is 2.99. The van der Waals surface area contributed by atoms with Gasteiger partial charge in [0.15, 0.2) is 0 Å². The highest BCUT2D eigenvalue weighted by atomic mass is 16.2. The van der Waals surface area contributed by atoms with Crippen molar-refractivity contribution in [1.82, 2.24) is 20.4 Å². The molecule has 1 aliphatic heterocycles. The molecule has 0 bridgehead atoms. The normalized spacial score (nSPS) is 22.8. The first kappa shape index (κ1) is 16.9. The van der Waals surface area contributed by atoms with Crippen LogP contribution in [0.3, 0.4) is 0 Å². The third-order valence-corrected chi connectivity index (χ3v) is 5.45. The number of likely N-dealkylation sites (tertiary alicyclic amines) is 1. The molecule has 6 heteroatoms. The molecule has 1 atom stereocenters. The number of rotatable bonds is 3. The van der Waals surface area contributed by atoms with Gasteiger partial charge in [-0.2, -0.15) is 10.2 Å². The Labute approximate surface area is 143 Å². The molecular formula is C18H26N4O2. The first-order valence-corrected chi connectivity index (χ1v) is 8.85. The zero-order chi connectivity index (χ0) is 17.2. The number of carbonyl (C=O) groups excluding carboxylic acids is 2. The SMILES string of the molecule is CC(C)NC(=O)[C@H]1CCC2(CCN(C(=O)c3ccnnc3)CC2)C1. The molecule has 1 aromatic rings. The Morgan fingerprint density at radius 1 is 1.25 bits per heavy atom. The van der Waals surface area contributed by atoms with Crippen molar-refractivity contribution in [3.8, 4) is 0 Å². The topological polar surface area (TPSA) is 75.2 Å². The van der Waals surface area contributed by atoms with E-state index >= 15 is 0 Å². The van der Waals surface area contributed by atoms with Crippen LogP contribution in [-0.2, 0) is 4.79 Å². The maximum absolute atomic E-state index is 12.5. The Balaban J connectivity index is 1.56. The van der Waals surface area contributed by atoms with Gasteiger partial charge in [-0.3, -0.25) is 9.59 Å². The van der Waals surface area contributed by atoms with Crippen molar-refractivity contribution in [3.63, 3.8) is 0 Å². The molecule has 1 aromatic heterocycles. The summed E-state index contributed by atoms with van der Waals surface area (Å²) < 4.78 is 0. The lowest BCUT2D eigenvalue weighted by molar-refractivity contribution is -0.125. The molecule has 0 unspecified atom stereocenters.